The smallest absolute Gasteiger partial charge is 0.222 e. The second-order valence-corrected chi connectivity index (χ2v) is 9.50. The number of amides is 1. The number of anilines is 1. The van der Waals surface area contributed by atoms with E-state index in [1.165, 1.54) is 6.42 Å². The van der Waals surface area contributed by atoms with Gasteiger partial charge in [0.25, 0.3) is 0 Å². The van der Waals surface area contributed by atoms with Crippen LogP contribution in [0.15, 0.2) is 21.2 Å². The normalized spacial score (nSPS) is 33.7. The van der Waals surface area contributed by atoms with Crippen LogP contribution in [0.5, 0.6) is 0 Å². The lowest BCUT2D eigenvalue weighted by molar-refractivity contribution is -0.123. The molecule has 29 heavy (non-hydrogen) atoms. The number of rotatable bonds is 4. The molecule has 4 atom stereocenters. The van der Waals surface area contributed by atoms with E-state index >= 15 is 0 Å². The number of nitriles is 1. The monoisotopic (exact) mass is 457 g/mol. The lowest BCUT2D eigenvalue weighted by Gasteiger charge is -2.37. The molecule has 2 aliphatic heterocycles. The third-order valence-corrected chi connectivity index (χ3v) is 7.93. The molecular formula is C21H24BrN5O2. The van der Waals surface area contributed by atoms with E-state index in [1.807, 2.05) is 6.07 Å². The van der Waals surface area contributed by atoms with Crippen molar-refractivity contribution in [2.45, 2.75) is 56.7 Å². The van der Waals surface area contributed by atoms with Crippen molar-refractivity contribution < 1.29 is 9.21 Å². The molecule has 1 aliphatic carbocycles. The zero-order valence-electron chi connectivity index (χ0n) is 16.0. The summed E-state index contributed by atoms with van der Waals surface area (Å²) in [5, 5.41) is 17.1. The predicted octanol–water partition coefficient (Wildman–Crippen LogP) is 3.28. The van der Waals surface area contributed by atoms with Gasteiger partial charge < -0.3 is 20.8 Å². The zero-order valence-corrected chi connectivity index (χ0v) is 17.6. The Morgan fingerprint density at radius 1 is 1.34 bits per heavy atom. The van der Waals surface area contributed by atoms with Crippen LogP contribution >= 0.6 is 15.9 Å². The van der Waals surface area contributed by atoms with E-state index in [9.17, 15) is 4.79 Å². The highest BCUT2D eigenvalue weighted by molar-refractivity contribution is 9.10. The number of nitrogens with one attached hydrogen (secondary N) is 2. The molecule has 4 N–H and O–H groups in total. The Morgan fingerprint density at radius 3 is 2.83 bits per heavy atom. The van der Waals surface area contributed by atoms with Gasteiger partial charge in [0.05, 0.1) is 16.6 Å². The number of carbonyl (C=O) groups excluding carboxylic acids is 1. The first-order valence-corrected chi connectivity index (χ1v) is 11.1. The van der Waals surface area contributed by atoms with Crippen LogP contribution in [0.1, 0.15) is 44.3 Å². The lowest BCUT2D eigenvalue weighted by atomic mass is 9.69. The van der Waals surface area contributed by atoms with Crippen molar-refractivity contribution in [3.8, 4) is 6.07 Å². The van der Waals surface area contributed by atoms with Gasteiger partial charge in [-0.3, -0.25) is 4.79 Å². The molecule has 2 aromatic heterocycles. The highest BCUT2D eigenvalue weighted by Gasteiger charge is 2.50. The molecule has 3 aliphatic rings. The molecule has 8 heteroatoms. The van der Waals surface area contributed by atoms with Crippen LogP contribution in [0.2, 0.25) is 0 Å². The van der Waals surface area contributed by atoms with E-state index in [2.05, 4.69) is 31.5 Å². The Bertz CT molecular complexity index is 991. The van der Waals surface area contributed by atoms with Crippen LogP contribution in [0.25, 0.3) is 11.0 Å². The summed E-state index contributed by atoms with van der Waals surface area (Å²) in [6.45, 7) is 0. The average Bonchev–Trinajstić information content (AvgIpc) is 3.44. The Kier molecular flexibility index (Phi) is 4.75. The number of nitrogens with two attached hydrogens (primary N) is 1. The van der Waals surface area contributed by atoms with Crippen molar-refractivity contribution in [3.63, 3.8) is 0 Å². The second-order valence-electron chi connectivity index (χ2n) is 8.71. The zero-order chi connectivity index (χ0) is 20.1. The maximum atomic E-state index is 11.8. The van der Waals surface area contributed by atoms with Crippen molar-refractivity contribution in [1.29, 1.82) is 5.26 Å². The minimum atomic E-state index is -0.143. The Morgan fingerprint density at radius 2 is 2.14 bits per heavy atom. The molecule has 3 fully saturated rings. The maximum Gasteiger partial charge on any atom is 0.222 e. The first-order valence-electron chi connectivity index (χ1n) is 10.3. The van der Waals surface area contributed by atoms with Crippen LogP contribution in [0.4, 0.5) is 5.82 Å². The number of hydrogen-bond acceptors (Lipinski definition) is 6. The number of carbonyl (C=O) groups is 1. The summed E-state index contributed by atoms with van der Waals surface area (Å²) in [6, 6.07) is 4.88. The Balaban J connectivity index is 1.23. The number of furan rings is 1. The summed E-state index contributed by atoms with van der Waals surface area (Å²) in [4.78, 5) is 16.2. The van der Waals surface area contributed by atoms with Gasteiger partial charge >= 0.3 is 0 Å². The third kappa shape index (κ3) is 3.30. The molecule has 1 amide bonds. The third-order valence-electron chi connectivity index (χ3n) is 7.13. The van der Waals surface area contributed by atoms with Crippen LogP contribution in [-0.2, 0) is 4.79 Å². The maximum absolute atomic E-state index is 11.8. The summed E-state index contributed by atoms with van der Waals surface area (Å²) in [7, 11) is 0. The molecule has 2 saturated heterocycles. The molecule has 7 nitrogen and oxygen atoms in total. The fraction of sp³-hybridized carbons (Fsp3) is 0.571. The van der Waals surface area contributed by atoms with Gasteiger partial charge in [-0.1, -0.05) is 0 Å². The molecule has 4 heterocycles. The number of hydrogen-bond donors (Lipinski definition) is 3. The number of aromatic nitrogens is 1. The van der Waals surface area contributed by atoms with E-state index in [-0.39, 0.29) is 23.6 Å². The van der Waals surface area contributed by atoms with Crippen molar-refractivity contribution in [1.82, 2.24) is 10.3 Å². The minimum Gasteiger partial charge on any atom is -0.444 e. The highest BCUT2D eigenvalue weighted by Crippen LogP contribution is 2.45. The lowest BCUT2D eigenvalue weighted by Crippen LogP contribution is -2.42. The Hall–Kier alpha value is -2.11. The van der Waals surface area contributed by atoms with Crippen molar-refractivity contribution in [3.05, 3.63) is 22.5 Å². The Labute approximate surface area is 177 Å². The van der Waals surface area contributed by atoms with E-state index in [1.54, 1.807) is 12.3 Å². The molecule has 0 aromatic carbocycles. The van der Waals surface area contributed by atoms with Gasteiger partial charge in [-0.25, -0.2) is 4.98 Å². The van der Waals surface area contributed by atoms with Crippen LogP contribution in [0.3, 0.4) is 0 Å². The molecule has 0 spiro atoms. The SMILES string of the molecule is N#Cc1cc2c(Br)c(NC3CCC(C4CC5CC(C(N)=O)C4N5)CC3)ncc2o1. The fourth-order valence-electron chi connectivity index (χ4n) is 5.77. The molecule has 152 valence electrons. The minimum absolute atomic E-state index is 0.00902. The molecule has 1 saturated carbocycles. The van der Waals surface area contributed by atoms with E-state index < -0.39 is 0 Å². The summed E-state index contributed by atoms with van der Waals surface area (Å²) < 4.78 is 6.28. The van der Waals surface area contributed by atoms with Gasteiger partial charge in [0.15, 0.2) is 5.58 Å². The second kappa shape index (κ2) is 7.29. The van der Waals surface area contributed by atoms with E-state index in [0.29, 0.717) is 29.5 Å². The topological polar surface area (TPSA) is 117 Å². The van der Waals surface area contributed by atoms with Gasteiger partial charge in [0, 0.05) is 29.6 Å². The molecule has 2 bridgehead atoms. The van der Waals surface area contributed by atoms with Gasteiger partial charge in [-0.15, -0.1) is 0 Å². The van der Waals surface area contributed by atoms with Crippen LogP contribution in [-0.4, -0.2) is 29.0 Å². The molecule has 0 radical (unpaired) electrons. The molecule has 5 rings (SSSR count). The van der Waals surface area contributed by atoms with Gasteiger partial charge in [0.1, 0.15) is 11.9 Å². The highest BCUT2D eigenvalue weighted by atomic mass is 79.9. The number of fused-ring (bicyclic) bond motifs is 3. The number of nitrogens with zero attached hydrogens (tertiary/aromatic N) is 2. The summed E-state index contributed by atoms with van der Waals surface area (Å²) in [5.41, 5.74) is 6.23. The number of halogens is 1. The van der Waals surface area contributed by atoms with E-state index in [4.69, 9.17) is 15.4 Å². The molecule has 4 unspecified atom stereocenters. The summed E-state index contributed by atoms with van der Waals surface area (Å²) in [6.07, 6.45) is 8.24. The first-order chi connectivity index (χ1) is 14.0. The largest absolute Gasteiger partial charge is 0.444 e. The van der Waals surface area contributed by atoms with E-state index in [0.717, 1.165) is 47.8 Å². The van der Waals surface area contributed by atoms with Crippen molar-refractivity contribution in [2.24, 2.45) is 23.5 Å². The van der Waals surface area contributed by atoms with Crippen molar-refractivity contribution >= 4 is 38.6 Å². The quantitative estimate of drug-likeness (QED) is 0.648. The molecule has 2 aromatic rings. The summed E-state index contributed by atoms with van der Waals surface area (Å²) >= 11 is 3.61. The predicted molar refractivity (Wildman–Crippen MR) is 112 cm³/mol. The number of pyridine rings is 1. The summed E-state index contributed by atoms with van der Waals surface area (Å²) in [5.74, 6) is 2.17. The van der Waals surface area contributed by atoms with Crippen molar-refractivity contribution in [2.75, 3.05) is 5.32 Å². The van der Waals surface area contributed by atoms with Gasteiger partial charge in [0.2, 0.25) is 11.7 Å². The average molecular weight is 458 g/mol. The first kappa shape index (κ1) is 18.9. The van der Waals surface area contributed by atoms with Crippen LogP contribution in [0, 0.1) is 29.1 Å². The molecular weight excluding hydrogens is 434 g/mol. The standard InChI is InChI=1S/C21H24BrN5O2/c22-18-15-7-13(8-23)29-17(15)9-25-21(18)27-11-3-1-10(2-4-11)14-5-12-6-16(20(24)28)19(14)26-12/h7,9-12,14,16,19,26H,1-6H2,(H2,24,28)(H,25,27). The van der Waals surface area contributed by atoms with Gasteiger partial charge in [-0.05, 0) is 66.3 Å². The fourth-order valence-corrected chi connectivity index (χ4v) is 6.30. The van der Waals surface area contributed by atoms with Gasteiger partial charge in [-0.2, -0.15) is 5.26 Å². The van der Waals surface area contributed by atoms with Crippen LogP contribution < -0.4 is 16.4 Å². The number of primary amides is 1.